The van der Waals surface area contributed by atoms with E-state index >= 15 is 0 Å². The summed E-state index contributed by atoms with van der Waals surface area (Å²) in [6.45, 7) is 3.16. The van der Waals surface area contributed by atoms with E-state index < -0.39 is 10.0 Å². The standard InChI is InChI=1S/C17H30N4O4S.HI/c1-18-17(19-10-5-11-25-13-12-24-4)20-14-15-6-8-16(9-7-15)26(22,23)21(2)3;/h6-9H,5,10-14H2,1-4H3,(H2,18,19,20);1H. The Hall–Kier alpha value is -0.950. The molecule has 0 aliphatic carbocycles. The molecular weight excluding hydrogens is 483 g/mol. The lowest BCUT2D eigenvalue weighted by Crippen LogP contribution is -2.37. The van der Waals surface area contributed by atoms with Gasteiger partial charge in [-0.25, -0.2) is 12.7 Å². The highest BCUT2D eigenvalue weighted by atomic mass is 127. The van der Waals surface area contributed by atoms with Crippen LogP contribution in [0.5, 0.6) is 0 Å². The molecule has 156 valence electrons. The monoisotopic (exact) mass is 514 g/mol. The summed E-state index contributed by atoms with van der Waals surface area (Å²) >= 11 is 0. The van der Waals surface area contributed by atoms with E-state index in [2.05, 4.69) is 15.6 Å². The van der Waals surface area contributed by atoms with Gasteiger partial charge < -0.3 is 20.1 Å². The second-order valence-corrected chi connectivity index (χ2v) is 7.89. The number of benzene rings is 1. The van der Waals surface area contributed by atoms with E-state index in [0.29, 0.717) is 32.3 Å². The molecule has 0 fully saturated rings. The van der Waals surface area contributed by atoms with Gasteiger partial charge in [-0.05, 0) is 24.1 Å². The maximum atomic E-state index is 12.0. The summed E-state index contributed by atoms with van der Waals surface area (Å²) in [6.07, 6.45) is 0.863. The highest BCUT2D eigenvalue weighted by Crippen LogP contribution is 2.13. The molecular formula is C17H31IN4O4S. The van der Waals surface area contributed by atoms with Crippen LogP contribution in [0.2, 0.25) is 0 Å². The van der Waals surface area contributed by atoms with Gasteiger partial charge in [0.1, 0.15) is 0 Å². The Bertz CT molecular complexity index is 651. The number of nitrogens with one attached hydrogen (secondary N) is 2. The lowest BCUT2D eigenvalue weighted by Gasteiger charge is -2.13. The lowest BCUT2D eigenvalue weighted by atomic mass is 10.2. The smallest absolute Gasteiger partial charge is 0.242 e. The molecule has 0 atom stereocenters. The van der Waals surface area contributed by atoms with Crippen molar-refractivity contribution in [2.24, 2.45) is 4.99 Å². The van der Waals surface area contributed by atoms with Gasteiger partial charge in [0.2, 0.25) is 10.0 Å². The fourth-order valence-electron chi connectivity index (χ4n) is 2.02. The van der Waals surface area contributed by atoms with Gasteiger partial charge in [0.25, 0.3) is 0 Å². The van der Waals surface area contributed by atoms with Crippen molar-refractivity contribution in [3.63, 3.8) is 0 Å². The first-order valence-electron chi connectivity index (χ1n) is 8.44. The molecule has 1 aromatic carbocycles. The molecule has 1 aromatic rings. The summed E-state index contributed by atoms with van der Waals surface area (Å²) in [6, 6.07) is 6.81. The largest absolute Gasteiger partial charge is 0.382 e. The third-order valence-electron chi connectivity index (χ3n) is 3.58. The maximum absolute atomic E-state index is 12.0. The van der Waals surface area contributed by atoms with Crippen molar-refractivity contribution >= 4 is 40.0 Å². The number of nitrogens with zero attached hydrogens (tertiary/aromatic N) is 2. The highest BCUT2D eigenvalue weighted by molar-refractivity contribution is 14.0. The molecule has 27 heavy (non-hydrogen) atoms. The molecule has 0 saturated carbocycles. The fourth-order valence-corrected chi connectivity index (χ4v) is 2.92. The summed E-state index contributed by atoms with van der Waals surface area (Å²) < 4.78 is 35.6. The van der Waals surface area contributed by atoms with Crippen molar-refractivity contribution in [1.82, 2.24) is 14.9 Å². The Kier molecular flexibility index (Phi) is 13.6. The number of aliphatic imine (C=N–C) groups is 1. The number of rotatable bonds is 11. The average Bonchev–Trinajstić information content (AvgIpc) is 2.63. The van der Waals surface area contributed by atoms with Crippen molar-refractivity contribution in [3.8, 4) is 0 Å². The number of sulfonamides is 1. The van der Waals surface area contributed by atoms with Crippen LogP contribution in [0.25, 0.3) is 0 Å². The number of guanidine groups is 1. The van der Waals surface area contributed by atoms with Crippen LogP contribution in [0.15, 0.2) is 34.2 Å². The van der Waals surface area contributed by atoms with Gasteiger partial charge in [0.05, 0.1) is 18.1 Å². The van der Waals surface area contributed by atoms with Gasteiger partial charge in [0, 0.05) is 47.9 Å². The van der Waals surface area contributed by atoms with E-state index in [0.717, 1.165) is 18.5 Å². The number of methoxy groups -OCH3 is 1. The van der Waals surface area contributed by atoms with Crippen LogP contribution in [0, 0.1) is 0 Å². The third-order valence-corrected chi connectivity index (χ3v) is 5.40. The zero-order chi connectivity index (χ0) is 19.4. The fraction of sp³-hybridized carbons (Fsp3) is 0.588. The van der Waals surface area contributed by atoms with Crippen LogP contribution >= 0.6 is 24.0 Å². The van der Waals surface area contributed by atoms with Crippen LogP contribution in [0.1, 0.15) is 12.0 Å². The molecule has 2 N–H and O–H groups in total. The van der Waals surface area contributed by atoms with Gasteiger partial charge in [-0.2, -0.15) is 0 Å². The molecule has 0 bridgehead atoms. The van der Waals surface area contributed by atoms with Crippen LogP contribution in [0.3, 0.4) is 0 Å². The quantitative estimate of drug-likeness (QED) is 0.200. The van der Waals surface area contributed by atoms with Crippen LogP contribution in [-0.4, -0.2) is 73.3 Å². The van der Waals surface area contributed by atoms with Crippen LogP contribution in [0.4, 0.5) is 0 Å². The third kappa shape index (κ3) is 9.70. The van der Waals surface area contributed by atoms with Crippen molar-refractivity contribution in [1.29, 1.82) is 0 Å². The first kappa shape index (κ1) is 26.1. The summed E-state index contributed by atoms with van der Waals surface area (Å²) in [4.78, 5) is 4.44. The topological polar surface area (TPSA) is 92.3 Å². The predicted molar refractivity (Wildman–Crippen MR) is 118 cm³/mol. The zero-order valence-corrected chi connectivity index (χ0v) is 19.5. The van der Waals surface area contributed by atoms with Gasteiger partial charge in [-0.15, -0.1) is 24.0 Å². The Morgan fingerprint density at radius 1 is 1.11 bits per heavy atom. The van der Waals surface area contributed by atoms with E-state index in [9.17, 15) is 8.42 Å². The summed E-state index contributed by atoms with van der Waals surface area (Å²) in [5.74, 6) is 0.687. The molecule has 0 aliphatic rings. The van der Waals surface area contributed by atoms with Gasteiger partial charge in [0.15, 0.2) is 5.96 Å². The molecule has 0 unspecified atom stereocenters. The molecule has 0 radical (unpaired) electrons. The number of hydrogen-bond acceptors (Lipinski definition) is 5. The zero-order valence-electron chi connectivity index (χ0n) is 16.4. The van der Waals surface area contributed by atoms with E-state index in [1.54, 1.807) is 38.4 Å². The Labute approximate surface area is 179 Å². The molecule has 0 saturated heterocycles. The Morgan fingerprint density at radius 3 is 2.33 bits per heavy atom. The van der Waals surface area contributed by atoms with E-state index in [-0.39, 0.29) is 28.9 Å². The number of hydrogen-bond donors (Lipinski definition) is 2. The second-order valence-electron chi connectivity index (χ2n) is 5.74. The van der Waals surface area contributed by atoms with Crippen molar-refractivity contribution in [2.75, 3.05) is 54.6 Å². The van der Waals surface area contributed by atoms with Crippen LogP contribution in [-0.2, 0) is 26.0 Å². The molecule has 0 aliphatic heterocycles. The Morgan fingerprint density at radius 2 is 1.78 bits per heavy atom. The lowest BCUT2D eigenvalue weighted by molar-refractivity contribution is 0.0698. The highest BCUT2D eigenvalue weighted by Gasteiger charge is 2.16. The molecule has 8 nitrogen and oxygen atoms in total. The van der Waals surface area contributed by atoms with Crippen LogP contribution < -0.4 is 10.6 Å². The minimum Gasteiger partial charge on any atom is -0.382 e. The minimum atomic E-state index is -3.40. The summed E-state index contributed by atoms with van der Waals surface area (Å²) in [7, 11) is 2.99. The van der Waals surface area contributed by atoms with Gasteiger partial charge >= 0.3 is 0 Å². The van der Waals surface area contributed by atoms with E-state index in [1.807, 2.05) is 0 Å². The van der Waals surface area contributed by atoms with Gasteiger partial charge in [-0.3, -0.25) is 4.99 Å². The molecule has 1 rings (SSSR count). The summed E-state index contributed by atoms with van der Waals surface area (Å²) in [5.41, 5.74) is 0.966. The molecule has 0 aromatic heterocycles. The molecule has 0 spiro atoms. The minimum absolute atomic E-state index is 0. The number of ether oxygens (including phenoxy) is 2. The van der Waals surface area contributed by atoms with Gasteiger partial charge in [-0.1, -0.05) is 12.1 Å². The SMILES string of the molecule is CN=C(NCCCOCCOC)NCc1ccc(S(=O)(=O)N(C)C)cc1.I. The summed E-state index contributed by atoms with van der Waals surface area (Å²) in [5, 5.41) is 6.40. The van der Waals surface area contributed by atoms with Crippen molar-refractivity contribution in [3.05, 3.63) is 29.8 Å². The molecule has 0 heterocycles. The normalized spacial score (nSPS) is 12.0. The first-order valence-corrected chi connectivity index (χ1v) is 9.88. The second kappa shape index (κ2) is 14.1. The molecule has 0 amide bonds. The predicted octanol–water partition coefficient (Wildman–Crippen LogP) is 1.27. The van der Waals surface area contributed by atoms with E-state index in [4.69, 9.17) is 9.47 Å². The maximum Gasteiger partial charge on any atom is 0.242 e. The number of halogens is 1. The van der Waals surface area contributed by atoms with Crippen molar-refractivity contribution < 1.29 is 17.9 Å². The average molecular weight is 514 g/mol. The molecule has 10 heteroatoms. The van der Waals surface area contributed by atoms with E-state index in [1.165, 1.54) is 18.4 Å². The first-order chi connectivity index (χ1) is 12.4. The Balaban J connectivity index is 0.00000676. The van der Waals surface area contributed by atoms with Crippen molar-refractivity contribution in [2.45, 2.75) is 17.9 Å².